The van der Waals surface area contributed by atoms with Gasteiger partial charge in [-0.05, 0) is 20.3 Å². The summed E-state index contributed by atoms with van der Waals surface area (Å²) in [4.78, 5) is 0. The van der Waals surface area contributed by atoms with Crippen LogP contribution >= 0.6 is 0 Å². The van der Waals surface area contributed by atoms with Crippen molar-refractivity contribution in [3.05, 3.63) is 12.2 Å². The maximum absolute atomic E-state index is 5.41. The van der Waals surface area contributed by atoms with Crippen molar-refractivity contribution in [2.75, 3.05) is 19.8 Å². The third-order valence-corrected chi connectivity index (χ3v) is 2.33. The Labute approximate surface area is 95.1 Å². The molecule has 90 valence electrons. The molecule has 0 aromatic carbocycles. The summed E-state index contributed by atoms with van der Waals surface area (Å²) in [5, 5.41) is 3.46. The summed E-state index contributed by atoms with van der Waals surface area (Å²) >= 11 is 0. The lowest BCUT2D eigenvalue weighted by Gasteiger charge is -2.13. The molecular weight excluding hydrogens is 186 g/mol. The summed E-state index contributed by atoms with van der Waals surface area (Å²) in [5.41, 5.74) is 1.09. The fourth-order valence-electron chi connectivity index (χ4n) is 1.43. The molecular formula is C13H27NO. The van der Waals surface area contributed by atoms with E-state index in [1.165, 1.54) is 25.7 Å². The molecule has 0 aliphatic heterocycles. The molecule has 2 heteroatoms. The van der Waals surface area contributed by atoms with E-state index >= 15 is 0 Å². The number of ether oxygens (including phenoxy) is 1. The molecule has 0 fully saturated rings. The third-order valence-electron chi connectivity index (χ3n) is 2.33. The zero-order valence-corrected chi connectivity index (χ0v) is 10.6. The first kappa shape index (κ1) is 14.7. The molecule has 2 nitrogen and oxygen atoms in total. The maximum atomic E-state index is 5.41. The topological polar surface area (TPSA) is 21.3 Å². The van der Waals surface area contributed by atoms with Crippen molar-refractivity contribution in [3.63, 3.8) is 0 Å². The second-order valence-corrected chi connectivity index (χ2v) is 4.36. The molecule has 0 aliphatic carbocycles. The van der Waals surface area contributed by atoms with Crippen molar-refractivity contribution >= 4 is 0 Å². The Morgan fingerprint density at radius 3 is 2.73 bits per heavy atom. The molecule has 15 heavy (non-hydrogen) atoms. The molecule has 0 amide bonds. The van der Waals surface area contributed by atoms with Gasteiger partial charge < -0.3 is 10.1 Å². The Hall–Kier alpha value is -0.340. The predicted octanol–water partition coefficient (Wildman–Crippen LogP) is 3.14. The van der Waals surface area contributed by atoms with Crippen LogP contribution in [0.5, 0.6) is 0 Å². The van der Waals surface area contributed by atoms with Crippen molar-refractivity contribution in [2.45, 2.75) is 52.5 Å². The molecule has 1 N–H and O–H groups in total. The lowest BCUT2D eigenvalue weighted by atomic mass is 10.1. The van der Waals surface area contributed by atoms with Crippen LogP contribution in [0.3, 0.4) is 0 Å². The van der Waals surface area contributed by atoms with E-state index in [4.69, 9.17) is 4.74 Å². The van der Waals surface area contributed by atoms with Crippen molar-refractivity contribution < 1.29 is 4.74 Å². The summed E-state index contributed by atoms with van der Waals surface area (Å²) in [6.45, 7) is 12.7. The van der Waals surface area contributed by atoms with Crippen LogP contribution in [0.2, 0.25) is 0 Å². The highest BCUT2D eigenvalue weighted by atomic mass is 16.5. The van der Waals surface area contributed by atoms with E-state index in [0.29, 0.717) is 12.6 Å². The summed E-state index contributed by atoms with van der Waals surface area (Å²) < 4.78 is 5.41. The van der Waals surface area contributed by atoms with Crippen molar-refractivity contribution in [2.24, 2.45) is 0 Å². The molecule has 0 aromatic heterocycles. The summed E-state index contributed by atoms with van der Waals surface area (Å²) in [6.07, 6.45) is 5.25. The zero-order chi connectivity index (χ0) is 11.5. The molecule has 0 saturated heterocycles. The highest BCUT2D eigenvalue weighted by Crippen LogP contribution is 2.02. The standard InChI is InChI=1S/C13H27NO/c1-5-6-7-8-13(4)14-9-10-15-11-12(2)3/h13-14H,2,5-11H2,1,3-4H3. The Bertz CT molecular complexity index is 157. The van der Waals surface area contributed by atoms with Gasteiger partial charge in [0, 0.05) is 12.6 Å². The summed E-state index contributed by atoms with van der Waals surface area (Å²) in [5.74, 6) is 0. The molecule has 0 aromatic rings. The van der Waals surface area contributed by atoms with Gasteiger partial charge in [0.25, 0.3) is 0 Å². The molecule has 1 atom stereocenters. The Kier molecular flexibility index (Phi) is 9.96. The van der Waals surface area contributed by atoms with Crippen LogP contribution in [0.15, 0.2) is 12.2 Å². The van der Waals surface area contributed by atoms with E-state index in [-0.39, 0.29) is 0 Å². The first-order valence-corrected chi connectivity index (χ1v) is 6.12. The largest absolute Gasteiger partial charge is 0.376 e. The highest BCUT2D eigenvalue weighted by molar-refractivity contribution is 4.87. The minimum Gasteiger partial charge on any atom is -0.376 e. The van der Waals surface area contributed by atoms with Gasteiger partial charge in [-0.3, -0.25) is 0 Å². The monoisotopic (exact) mass is 213 g/mol. The highest BCUT2D eigenvalue weighted by Gasteiger charge is 1.99. The van der Waals surface area contributed by atoms with E-state index in [9.17, 15) is 0 Å². The van der Waals surface area contributed by atoms with E-state index in [1.807, 2.05) is 6.92 Å². The second-order valence-electron chi connectivity index (χ2n) is 4.36. The quantitative estimate of drug-likeness (QED) is 0.444. The fraction of sp³-hybridized carbons (Fsp3) is 0.846. The SMILES string of the molecule is C=C(C)COCCNC(C)CCCCC. The van der Waals surface area contributed by atoms with Crippen LogP contribution in [0.25, 0.3) is 0 Å². The molecule has 0 aliphatic rings. The third kappa shape index (κ3) is 11.6. The van der Waals surface area contributed by atoms with E-state index in [1.54, 1.807) is 0 Å². The number of rotatable bonds is 10. The van der Waals surface area contributed by atoms with Crippen molar-refractivity contribution in [3.8, 4) is 0 Å². The van der Waals surface area contributed by atoms with Gasteiger partial charge in [-0.1, -0.05) is 38.3 Å². The van der Waals surface area contributed by atoms with E-state index in [2.05, 4.69) is 25.7 Å². The van der Waals surface area contributed by atoms with E-state index < -0.39 is 0 Å². The van der Waals surface area contributed by atoms with Gasteiger partial charge in [-0.2, -0.15) is 0 Å². The molecule has 0 radical (unpaired) electrons. The predicted molar refractivity (Wildman–Crippen MR) is 67.2 cm³/mol. The van der Waals surface area contributed by atoms with E-state index in [0.717, 1.165) is 18.7 Å². The van der Waals surface area contributed by atoms with Gasteiger partial charge >= 0.3 is 0 Å². The fourth-order valence-corrected chi connectivity index (χ4v) is 1.43. The number of nitrogens with one attached hydrogen (secondary N) is 1. The minimum absolute atomic E-state index is 0.616. The van der Waals surface area contributed by atoms with Gasteiger partial charge in [0.05, 0.1) is 13.2 Å². The smallest absolute Gasteiger partial charge is 0.0672 e. The first-order valence-electron chi connectivity index (χ1n) is 6.12. The van der Waals surface area contributed by atoms with Crippen LogP contribution < -0.4 is 5.32 Å². The van der Waals surface area contributed by atoms with Gasteiger partial charge in [0.1, 0.15) is 0 Å². The van der Waals surface area contributed by atoms with Gasteiger partial charge in [0.2, 0.25) is 0 Å². The molecule has 0 spiro atoms. The first-order chi connectivity index (χ1) is 7.16. The summed E-state index contributed by atoms with van der Waals surface area (Å²) in [6, 6.07) is 0.616. The average Bonchev–Trinajstić information content (AvgIpc) is 2.17. The Balaban J connectivity index is 3.16. The average molecular weight is 213 g/mol. The van der Waals surface area contributed by atoms with Crippen LogP contribution in [0.1, 0.15) is 46.5 Å². The number of hydrogen-bond acceptors (Lipinski definition) is 2. The molecule has 0 bridgehead atoms. The minimum atomic E-state index is 0.616. The van der Waals surface area contributed by atoms with Crippen LogP contribution in [-0.2, 0) is 4.74 Å². The zero-order valence-electron chi connectivity index (χ0n) is 10.6. The van der Waals surface area contributed by atoms with Crippen LogP contribution in [0, 0.1) is 0 Å². The van der Waals surface area contributed by atoms with Gasteiger partial charge in [-0.15, -0.1) is 0 Å². The van der Waals surface area contributed by atoms with Crippen LogP contribution in [-0.4, -0.2) is 25.8 Å². The van der Waals surface area contributed by atoms with Crippen molar-refractivity contribution in [1.29, 1.82) is 0 Å². The van der Waals surface area contributed by atoms with Crippen LogP contribution in [0.4, 0.5) is 0 Å². The maximum Gasteiger partial charge on any atom is 0.0672 e. The molecule has 0 saturated carbocycles. The second kappa shape index (κ2) is 10.2. The lowest BCUT2D eigenvalue weighted by molar-refractivity contribution is 0.155. The summed E-state index contributed by atoms with van der Waals surface area (Å²) in [7, 11) is 0. The van der Waals surface area contributed by atoms with Crippen molar-refractivity contribution in [1.82, 2.24) is 5.32 Å². The molecule has 0 heterocycles. The lowest BCUT2D eigenvalue weighted by Crippen LogP contribution is -2.29. The normalized spacial score (nSPS) is 12.7. The van der Waals surface area contributed by atoms with Gasteiger partial charge in [-0.25, -0.2) is 0 Å². The number of hydrogen-bond donors (Lipinski definition) is 1. The van der Waals surface area contributed by atoms with Gasteiger partial charge in [0.15, 0.2) is 0 Å². The Morgan fingerprint density at radius 1 is 1.40 bits per heavy atom. The Morgan fingerprint density at radius 2 is 2.13 bits per heavy atom. The number of unbranched alkanes of at least 4 members (excludes halogenated alkanes) is 2. The molecule has 1 unspecified atom stereocenters. The molecule has 0 rings (SSSR count).